The smallest absolute Gasteiger partial charge is 0.222 e. The Morgan fingerprint density at radius 1 is 1.32 bits per heavy atom. The molecular formula is C16H30N2O. The number of nitrogens with one attached hydrogen (secondary N) is 1. The van der Waals surface area contributed by atoms with E-state index in [9.17, 15) is 4.79 Å². The van der Waals surface area contributed by atoms with Crippen LogP contribution in [0.4, 0.5) is 0 Å². The van der Waals surface area contributed by atoms with Crippen molar-refractivity contribution in [3.63, 3.8) is 0 Å². The molecule has 2 rings (SSSR count). The van der Waals surface area contributed by atoms with Gasteiger partial charge in [0, 0.05) is 19.5 Å². The molecule has 3 heteroatoms. The molecule has 2 unspecified atom stereocenters. The molecule has 0 aliphatic carbocycles. The summed E-state index contributed by atoms with van der Waals surface area (Å²) < 4.78 is 0. The second kappa shape index (κ2) is 7.28. The quantitative estimate of drug-likeness (QED) is 0.829. The summed E-state index contributed by atoms with van der Waals surface area (Å²) >= 11 is 0. The molecule has 0 aromatic heterocycles. The van der Waals surface area contributed by atoms with E-state index in [0.29, 0.717) is 5.91 Å². The molecule has 0 saturated carbocycles. The monoisotopic (exact) mass is 266 g/mol. The van der Waals surface area contributed by atoms with Crippen LogP contribution in [0.5, 0.6) is 0 Å². The second-order valence-electron chi connectivity index (χ2n) is 6.88. The van der Waals surface area contributed by atoms with Gasteiger partial charge in [-0.3, -0.25) is 4.79 Å². The molecule has 19 heavy (non-hydrogen) atoms. The van der Waals surface area contributed by atoms with Gasteiger partial charge in [-0.1, -0.05) is 13.8 Å². The Hall–Kier alpha value is -0.570. The third-order valence-corrected chi connectivity index (χ3v) is 4.61. The Bertz CT molecular complexity index is 284. The van der Waals surface area contributed by atoms with E-state index in [4.69, 9.17) is 0 Å². The maximum Gasteiger partial charge on any atom is 0.222 e. The average Bonchev–Trinajstić information content (AvgIpc) is 2.88. The van der Waals surface area contributed by atoms with Gasteiger partial charge >= 0.3 is 0 Å². The molecule has 2 atom stereocenters. The van der Waals surface area contributed by atoms with Crippen LogP contribution in [-0.2, 0) is 4.79 Å². The van der Waals surface area contributed by atoms with Crippen LogP contribution in [-0.4, -0.2) is 37.0 Å². The molecule has 1 N–H and O–H groups in total. The third-order valence-electron chi connectivity index (χ3n) is 4.61. The standard InChI is InChI=1S/C16H30N2O/c1-13(2)10-15-4-3-9-18(12-15)16(19)6-5-14-7-8-17-11-14/h13-15,17H,3-12H2,1-2H3. The summed E-state index contributed by atoms with van der Waals surface area (Å²) in [5.74, 6) is 2.64. The Balaban J connectivity index is 1.71. The molecular weight excluding hydrogens is 236 g/mol. The van der Waals surface area contributed by atoms with Crippen molar-refractivity contribution in [3.05, 3.63) is 0 Å². The van der Waals surface area contributed by atoms with Gasteiger partial charge in [0.15, 0.2) is 0 Å². The first-order chi connectivity index (χ1) is 9.15. The highest BCUT2D eigenvalue weighted by Crippen LogP contribution is 2.24. The first kappa shape index (κ1) is 14.8. The number of likely N-dealkylation sites (tertiary alicyclic amines) is 1. The molecule has 2 aliphatic rings. The third kappa shape index (κ3) is 4.79. The van der Waals surface area contributed by atoms with Crippen LogP contribution in [0.1, 0.15) is 52.4 Å². The maximum atomic E-state index is 12.3. The summed E-state index contributed by atoms with van der Waals surface area (Å²) in [5, 5.41) is 3.38. The normalized spacial score (nSPS) is 28.1. The summed E-state index contributed by atoms with van der Waals surface area (Å²) in [4.78, 5) is 14.4. The van der Waals surface area contributed by atoms with Crippen LogP contribution in [0.3, 0.4) is 0 Å². The van der Waals surface area contributed by atoms with Crippen LogP contribution in [0.25, 0.3) is 0 Å². The van der Waals surface area contributed by atoms with Crippen molar-refractivity contribution in [3.8, 4) is 0 Å². The molecule has 0 spiro atoms. The summed E-state index contributed by atoms with van der Waals surface area (Å²) in [5.41, 5.74) is 0. The van der Waals surface area contributed by atoms with Crippen LogP contribution in [0, 0.1) is 17.8 Å². The molecule has 1 amide bonds. The fourth-order valence-corrected chi connectivity index (χ4v) is 3.60. The van der Waals surface area contributed by atoms with E-state index < -0.39 is 0 Å². The van der Waals surface area contributed by atoms with Crippen LogP contribution in [0.2, 0.25) is 0 Å². The summed E-state index contributed by atoms with van der Waals surface area (Å²) in [6.45, 7) is 8.83. The van der Waals surface area contributed by atoms with Crippen molar-refractivity contribution in [2.45, 2.75) is 52.4 Å². The van der Waals surface area contributed by atoms with Gasteiger partial charge in [-0.25, -0.2) is 0 Å². The van der Waals surface area contributed by atoms with Gasteiger partial charge < -0.3 is 10.2 Å². The van der Waals surface area contributed by atoms with Crippen molar-refractivity contribution in [2.75, 3.05) is 26.2 Å². The fraction of sp³-hybridized carbons (Fsp3) is 0.938. The lowest BCUT2D eigenvalue weighted by molar-refractivity contribution is -0.133. The van der Waals surface area contributed by atoms with Gasteiger partial charge in [0.25, 0.3) is 0 Å². The maximum absolute atomic E-state index is 12.3. The number of hydrogen-bond acceptors (Lipinski definition) is 2. The van der Waals surface area contributed by atoms with Crippen molar-refractivity contribution in [2.24, 2.45) is 17.8 Å². The topological polar surface area (TPSA) is 32.3 Å². The molecule has 0 aromatic carbocycles. The average molecular weight is 266 g/mol. The molecule has 3 nitrogen and oxygen atoms in total. The van der Waals surface area contributed by atoms with E-state index in [1.165, 1.54) is 25.7 Å². The van der Waals surface area contributed by atoms with Crippen LogP contribution < -0.4 is 5.32 Å². The van der Waals surface area contributed by atoms with Crippen LogP contribution >= 0.6 is 0 Å². The highest BCUT2D eigenvalue weighted by molar-refractivity contribution is 5.76. The highest BCUT2D eigenvalue weighted by Gasteiger charge is 2.25. The van der Waals surface area contributed by atoms with Gasteiger partial charge in [-0.05, 0) is 62.9 Å². The SMILES string of the molecule is CC(C)CC1CCCN(C(=O)CCC2CCNC2)C1. The van der Waals surface area contributed by atoms with Crippen LogP contribution in [0.15, 0.2) is 0 Å². The van der Waals surface area contributed by atoms with Gasteiger partial charge in [0.05, 0.1) is 0 Å². The van der Waals surface area contributed by atoms with E-state index >= 15 is 0 Å². The zero-order valence-corrected chi connectivity index (χ0v) is 12.7. The van der Waals surface area contributed by atoms with Gasteiger partial charge in [0.1, 0.15) is 0 Å². The predicted molar refractivity (Wildman–Crippen MR) is 79.0 cm³/mol. The molecule has 0 radical (unpaired) electrons. The van der Waals surface area contributed by atoms with Crippen molar-refractivity contribution in [1.29, 1.82) is 0 Å². The lowest BCUT2D eigenvalue weighted by Gasteiger charge is -2.34. The molecule has 110 valence electrons. The van der Waals surface area contributed by atoms with Gasteiger partial charge in [-0.2, -0.15) is 0 Å². The summed E-state index contributed by atoms with van der Waals surface area (Å²) in [7, 11) is 0. The Labute approximate surface area is 118 Å². The van der Waals surface area contributed by atoms with E-state index in [0.717, 1.165) is 56.8 Å². The molecule has 2 fully saturated rings. The van der Waals surface area contributed by atoms with Crippen molar-refractivity contribution in [1.82, 2.24) is 10.2 Å². The first-order valence-corrected chi connectivity index (χ1v) is 8.13. The summed E-state index contributed by atoms with van der Waals surface area (Å²) in [6.07, 6.45) is 6.89. The number of hydrogen-bond donors (Lipinski definition) is 1. The number of carbonyl (C=O) groups excluding carboxylic acids is 1. The Morgan fingerprint density at radius 2 is 2.16 bits per heavy atom. The van der Waals surface area contributed by atoms with E-state index in [-0.39, 0.29) is 0 Å². The highest BCUT2D eigenvalue weighted by atomic mass is 16.2. The number of carbonyl (C=O) groups is 1. The first-order valence-electron chi connectivity index (χ1n) is 8.13. The summed E-state index contributed by atoms with van der Waals surface area (Å²) in [6, 6.07) is 0. The number of piperidine rings is 1. The number of amides is 1. The van der Waals surface area contributed by atoms with E-state index in [1.54, 1.807) is 0 Å². The zero-order chi connectivity index (χ0) is 13.7. The molecule has 2 aliphatic heterocycles. The molecule has 2 saturated heterocycles. The molecule has 0 aromatic rings. The van der Waals surface area contributed by atoms with Gasteiger partial charge in [0.2, 0.25) is 5.91 Å². The fourth-order valence-electron chi connectivity index (χ4n) is 3.60. The number of rotatable bonds is 5. The second-order valence-corrected chi connectivity index (χ2v) is 6.88. The zero-order valence-electron chi connectivity index (χ0n) is 12.7. The minimum absolute atomic E-state index is 0.403. The number of nitrogens with zero attached hydrogens (tertiary/aromatic N) is 1. The minimum Gasteiger partial charge on any atom is -0.342 e. The van der Waals surface area contributed by atoms with E-state index in [1.807, 2.05) is 0 Å². The minimum atomic E-state index is 0.403. The lowest BCUT2D eigenvalue weighted by atomic mass is 9.89. The predicted octanol–water partition coefficient (Wildman–Crippen LogP) is 2.66. The Kier molecular flexibility index (Phi) is 5.68. The lowest BCUT2D eigenvalue weighted by Crippen LogP contribution is -2.40. The largest absolute Gasteiger partial charge is 0.342 e. The van der Waals surface area contributed by atoms with Gasteiger partial charge in [-0.15, -0.1) is 0 Å². The van der Waals surface area contributed by atoms with Crippen molar-refractivity contribution >= 4 is 5.91 Å². The molecule has 0 bridgehead atoms. The Morgan fingerprint density at radius 3 is 2.84 bits per heavy atom. The van der Waals surface area contributed by atoms with E-state index in [2.05, 4.69) is 24.1 Å². The van der Waals surface area contributed by atoms with Crippen molar-refractivity contribution < 1.29 is 4.79 Å². The molecule has 2 heterocycles.